The number of fused-ring (bicyclic) bond motifs is 7. The van der Waals surface area contributed by atoms with Gasteiger partial charge in [-0.2, -0.15) is 11.8 Å². The van der Waals surface area contributed by atoms with Crippen molar-refractivity contribution < 1.29 is 116 Å². The average molecular weight is 1780 g/mol. The number of aliphatic carboxylic acids is 1. The topological polar surface area (TPSA) is 602 Å². The second kappa shape index (κ2) is 40.9. The molecule has 6 aromatic carbocycles. The molecule has 38 nitrogen and oxygen atoms in total. The zero-order chi connectivity index (χ0) is 91.0. The number of hydrogen-bond donors (Lipinski definition) is 19. The molecule has 0 unspecified atom stereocenters. The number of nitrogens with two attached hydrogens (primary N) is 2. The minimum absolute atomic E-state index is 0.0128. The lowest BCUT2D eigenvalue weighted by Gasteiger charge is -2.36. The number of primary amides is 2. The number of esters is 1. The molecule has 1 fully saturated rings. The van der Waals surface area contributed by atoms with Crippen molar-refractivity contribution in [1.82, 2.24) is 63.5 Å². The number of aromatic amines is 1. The molecule has 13 amide bonds. The Morgan fingerprint density at radius 3 is 1.78 bits per heavy atom. The quantitative estimate of drug-likeness (QED) is 0.0193. The van der Waals surface area contributed by atoms with E-state index in [4.69, 9.17) is 37.1 Å². The Kier molecular flexibility index (Phi) is 30.8. The molecule has 10 rings (SSSR count). The van der Waals surface area contributed by atoms with Gasteiger partial charge < -0.3 is 104 Å². The third-order valence-corrected chi connectivity index (χ3v) is 22.1. The van der Waals surface area contributed by atoms with Crippen LogP contribution >= 0.6 is 31.2 Å². The van der Waals surface area contributed by atoms with Crippen LogP contribution in [0.15, 0.2) is 134 Å². The van der Waals surface area contributed by atoms with Crippen LogP contribution in [0.2, 0.25) is 5.02 Å². The minimum atomic E-state index is -5.09. The van der Waals surface area contributed by atoms with E-state index in [0.717, 1.165) is 12.1 Å². The number of halogens is 1. The molecular formula is C84H96ClN14O24PS. The van der Waals surface area contributed by atoms with Crippen molar-refractivity contribution in [2.75, 3.05) is 25.1 Å². The number of amides is 13. The zero-order valence-corrected chi connectivity index (χ0v) is 70.8. The first-order valence-corrected chi connectivity index (χ1v) is 42.9. The van der Waals surface area contributed by atoms with Gasteiger partial charge in [-0.05, 0) is 141 Å². The Morgan fingerprint density at radius 1 is 0.616 bits per heavy atom. The Hall–Kier alpha value is -13.1. The zero-order valence-electron chi connectivity index (χ0n) is 68.3. The van der Waals surface area contributed by atoms with Crippen molar-refractivity contribution in [1.29, 1.82) is 0 Å². The maximum absolute atomic E-state index is 15.3. The highest BCUT2D eigenvalue weighted by molar-refractivity contribution is 7.98. The maximum atomic E-state index is 15.3. The van der Waals surface area contributed by atoms with E-state index in [1.54, 1.807) is 86.8 Å². The number of carbonyl (C=O) groups excluding carboxylic acids is 14. The number of carboxylic acid groups (broad SMARTS) is 1. The summed E-state index contributed by atoms with van der Waals surface area (Å²) in [5, 5.41) is 60.0. The van der Waals surface area contributed by atoms with Crippen LogP contribution in [0.25, 0.3) is 10.9 Å². The molecule has 2 aliphatic heterocycles. The first-order chi connectivity index (χ1) is 59.1. The van der Waals surface area contributed by atoms with Gasteiger partial charge in [-0.25, -0.2) is 9.36 Å². The fourth-order valence-corrected chi connectivity index (χ4v) is 15.2. The van der Waals surface area contributed by atoms with Gasteiger partial charge in [0.25, 0.3) is 5.91 Å². The lowest BCUT2D eigenvalue weighted by atomic mass is 9.77. The van der Waals surface area contributed by atoms with Crippen molar-refractivity contribution >= 4 is 131 Å². The third-order valence-electron chi connectivity index (χ3n) is 20.7. The highest BCUT2D eigenvalue weighted by Gasteiger charge is 2.55. The molecule has 3 aliphatic rings. The summed E-state index contributed by atoms with van der Waals surface area (Å²) in [5.41, 5.74) is 8.25. The van der Waals surface area contributed by atoms with E-state index >= 15 is 9.59 Å². The molecule has 7 atom stereocenters. The first-order valence-electron chi connectivity index (χ1n) is 39.6. The van der Waals surface area contributed by atoms with Gasteiger partial charge in [-0.1, -0.05) is 80.0 Å². The van der Waals surface area contributed by atoms with Gasteiger partial charge in [0.1, 0.15) is 82.1 Å². The Bertz CT molecular complexity index is 5320. The fraction of sp³-hybridized carbons (Fsp3) is 0.369. The minimum Gasteiger partial charge on any atom is -0.508 e. The molecule has 7 aromatic rings. The number of aromatic hydroxyl groups is 2. The Morgan fingerprint density at radius 2 is 1.18 bits per heavy atom. The number of phosphoric ester groups is 1. The number of benzene rings is 6. The first kappa shape index (κ1) is 94.2. The smallest absolute Gasteiger partial charge is 0.508 e. The average Bonchev–Trinajstić information content (AvgIpc) is 1.57. The van der Waals surface area contributed by atoms with E-state index in [1.165, 1.54) is 80.3 Å². The van der Waals surface area contributed by atoms with Crippen molar-refractivity contribution in [3.8, 4) is 28.7 Å². The van der Waals surface area contributed by atoms with E-state index < -0.39 is 188 Å². The molecular weight excluding hydrogens is 1690 g/mol. The number of phenols is 2. The molecule has 1 aromatic heterocycles. The van der Waals surface area contributed by atoms with Gasteiger partial charge in [-0.3, -0.25) is 76.9 Å². The summed E-state index contributed by atoms with van der Waals surface area (Å²) < 4.78 is 28.7. The van der Waals surface area contributed by atoms with Crippen molar-refractivity contribution in [3.63, 3.8) is 0 Å². The van der Waals surface area contributed by atoms with Gasteiger partial charge in [0.05, 0.1) is 12.0 Å². The normalized spacial score (nSPS) is 14.9. The van der Waals surface area contributed by atoms with E-state index in [9.17, 15) is 92.0 Å². The highest BCUT2D eigenvalue weighted by atomic mass is 35.5. The number of aromatic nitrogens is 1. The van der Waals surface area contributed by atoms with Gasteiger partial charge in [-0.15, -0.1) is 0 Å². The van der Waals surface area contributed by atoms with Crippen molar-refractivity contribution in [3.05, 3.63) is 183 Å². The molecule has 664 valence electrons. The highest BCUT2D eigenvalue weighted by Crippen LogP contribution is 2.57. The summed E-state index contributed by atoms with van der Waals surface area (Å²) in [6.45, 7) is 5.58. The molecule has 3 heterocycles. The molecule has 1 saturated carbocycles. The number of H-pyrrole nitrogens is 1. The second-order valence-electron chi connectivity index (χ2n) is 31.2. The Balaban J connectivity index is 0.808. The van der Waals surface area contributed by atoms with Crippen LogP contribution < -0.4 is 79.2 Å². The second-order valence-corrected chi connectivity index (χ2v) is 33.8. The van der Waals surface area contributed by atoms with Crippen LogP contribution in [0.5, 0.6) is 28.7 Å². The number of thioether (sulfide) groups is 1. The van der Waals surface area contributed by atoms with Gasteiger partial charge in [0.2, 0.25) is 70.9 Å². The van der Waals surface area contributed by atoms with Crippen LogP contribution in [-0.2, 0) is 96.5 Å². The predicted octanol–water partition coefficient (Wildman–Crippen LogP) is 2.59. The number of rotatable bonds is 43. The van der Waals surface area contributed by atoms with E-state index in [1.807, 2.05) is 0 Å². The van der Waals surface area contributed by atoms with Gasteiger partial charge in [0, 0.05) is 108 Å². The number of phenolic OH excluding ortho intramolecular Hbond substituents is 2. The fourth-order valence-electron chi connectivity index (χ4n) is 14.2. The summed E-state index contributed by atoms with van der Waals surface area (Å²) in [6, 6.07) is 20.2. The van der Waals surface area contributed by atoms with Crippen LogP contribution in [0, 0.1) is 5.92 Å². The van der Waals surface area contributed by atoms with Crippen LogP contribution in [0.3, 0.4) is 0 Å². The summed E-state index contributed by atoms with van der Waals surface area (Å²) in [5.74, 6) is -14.3. The van der Waals surface area contributed by atoms with Gasteiger partial charge in [0.15, 0.2) is 5.60 Å². The van der Waals surface area contributed by atoms with Gasteiger partial charge >= 0.3 is 19.8 Å². The Labute approximate surface area is 724 Å². The number of phosphoric acid groups is 1. The van der Waals surface area contributed by atoms with E-state index in [2.05, 4.69) is 63.5 Å². The lowest BCUT2D eigenvalue weighted by Crippen LogP contribution is -2.63. The van der Waals surface area contributed by atoms with Crippen LogP contribution in [-0.4, -0.2) is 197 Å². The number of ether oxygens (including phenoxy) is 2. The summed E-state index contributed by atoms with van der Waals surface area (Å²) in [4.78, 5) is 229. The van der Waals surface area contributed by atoms with E-state index in [0.29, 0.717) is 43.7 Å². The molecule has 0 bridgehead atoms. The SMILES string of the molecule is CSCC[C@H](NC(=O)[C@H](Cc1ccccc1)NC(=O)CCNC(=O)CCNC(=O)c1ccc2c(c1)C(=O)OC21c2ccc(O)cc2Oc2cc(O)ccc21)C(=O)NC(C)(C)C(=O)N[C@@H](Cc1ccc(OP(=O)(O)O)cc1)C(=O)N[C@@H](Cc1c[nH]c2cc(Cl)ccc12)C(=O)N[C@@H](CCC(=O)O)C(=O)NC1(C(=O)N[C@@H](CC(C)C)C(=O)N[C@@H](CC(N)=O)C(N)=O)CC1. The molecule has 21 N–H and O–H groups in total. The molecule has 125 heavy (non-hydrogen) atoms. The van der Waals surface area contributed by atoms with Crippen LogP contribution in [0.4, 0.5) is 0 Å². The summed E-state index contributed by atoms with van der Waals surface area (Å²) in [7, 11) is -5.09. The molecule has 0 saturated heterocycles. The molecule has 41 heteroatoms. The number of hydrogen-bond acceptors (Lipinski definition) is 22. The number of nitrogens with one attached hydrogen (secondary N) is 12. The number of carboxylic acids is 1. The summed E-state index contributed by atoms with van der Waals surface area (Å²) >= 11 is 7.64. The maximum Gasteiger partial charge on any atom is 0.524 e. The largest absolute Gasteiger partial charge is 0.524 e. The van der Waals surface area contributed by atoms with Crippen molar-refractivity contribution in [2.45, 2.75) is 164 Å². The lowest BCUT2D eigenvalue weighted by molar-refractivity contribution is -0.139. The molecule has 0 radical (unpaired) electrons. The standard InChI is InChI=1S/C84H96ClN14O24PS/c1-43(2)33-61(73(109)94-60(71(87)107)41-67(86)102)97-81(117)83(28-29-83)99-78(114)57(23-24-70(105)106)92-76(112)64(37-47-42-90-59-38-48(85)14-19-52(47)59)95-75(111)63(35-45-11-17-51(18-12-45)123-124(118,119)120)96-80(116)82(3,4)98-77(113)58(27-32-125-5)93-74(110)62(34-44-9-7-6-8-10-44)91-69(104)26-30-88-68(103)25-31-89-72(108)46-13-20-54-53(36-46)79(115)122-84(54)55-21-15-49(100)39-65(55)121-66-40-50(101)16-22-56(66)84/h6-22,36,38-40,42-43,57-58,60-64,90,100-101H,23-35,37,41H2,1-5H3,(H2,86,102)(H2,87,107)(H,88,103)(H,89,108)(H,91,104)(H,92,112)(H,93,110)(H,94,109)(H,95,111)(H,96,116)(H,97,117)(H,98,113)(H,99,114)(H,105,106)(H2,118,119,120)/t57-,58-,60-,61-,62-,63-,64-/m0/s1. The molecule has 1 aliphatic carbocycles. The van der Waals surface area contributed by atoms with E-state index in [-0.39, 0.29) is 115 Å². The monoisotopic (exact) mass is 1780 g/mol. The van der Waals surface area contributed by atoms with Crippen LogP contribution in [0.1, 0.15) is 140 Å². The molecule has 1 spiro atoms. The third kappa shape index (κ3) is 24.9. The summed E-state index contributed by atoms with van der Waals surface area (Å²) in [6.07, 6.45) is -0.418. The number of carbonyl (C=O) groups is 15. The van der Waals surface area contributed by atoms with Crippen molar-refractivity contribution in [2.24, 2.45) is 17.4 Å². The predicted molar refractivity (Wildman–Crippen MR) is 451 cm³/mol.